The first-order chi connectivity index (χ1) is 11.0. The molecular formula is C15H21ClN4O3. The van der Waals surface area contributed by atoms with Gasteiger partial charge in [0.25, 0.3) is 5.91 Å². The minimum absolute atomic E-state index is 0.0607. The van der Waals surface area contributed by atoms with Crippen LogP contribution in [0.2, 0.25) is 5.02 Å². The quantitative estimate of drug-likeness (QED) is 0.529. The lowest BCUT2D eigenvalue weighted by atomic mass is 10.2. The topological polar surface area (TPSA) is 99.3 Å². The zero-order valence-corrected chi connectivity index (χ0v) is 13.7. The van der Waals surface area contributed by atoms with E-state index in [-0.39, 0.29) is 30.9 Å². The first-order valence-corrected chi connectivity index (χ1v) is 7.67. The van der Waals surface area contributed by atoms with Gasteiger partial charge in [-0.1, -0.05) is 23.7 Å². The average Bonchev–Trinajstić information content (AvgIpc) is 2.55. The van der Waals surface area contributed by atoms with Gasteiger partial charge in [0, 0.05) is 33.1 Å². The monoisotopic (exact) mass is 340 g/mol. The van der Waals surface area contributed by atoms with Crippen molar-refractivity contribution in [1.82, 2.24) is 21.3 Å². The van der Waals surface area contributed by atoms with Gasteiger partial charge in [-0.15, -0.1) is 0 Å². The number of urea groups is 1. The fraction of sp³-hybridized carbons (Fsp3) is 0.400. The Bertz CT molecular complexity index is 551. The predicted molar refractivity (Wildman–Crippen MR) is 88.5 cm³/mol. The van der Waals surface area contributed by atoms with Crippen LogP contribution in [0.3, 0.4) is 0 Å². The molecule has 7 nitrogen and oxygen atoms in total. The number of hydrogen-bond acceptors (Lipinski definition) is 3. The van der Waals surface area contributed by atoms with Crippen molar-refractivity contribution in [2.24, 2.45) is 0 Å². The smallest absolute Gasteiger partial charge is 0.314 e. The molecule has 0 bridgehead atoms. The highest BCUT2D eigenvalue weighted by Crippen LogP contribution is 2.14. The molecule has 0 saturated heterocycles. The second-order valence-corrected chi connectivity index (χ2v) is 5.10. The summed E-state index contributed by atoms with van der Waals surface area (Å²) in [6.45, 7) is 0.985. The number of halogens is 1. The average molecular weight is 341 g/mol. The number of benzene rings is 1. The van der Waals surface area contributed by atoms with E-state index in [9.17, 15) is 14.4 Å². The molecule has 8 heteroatoms. The number of hydrogen-bond donors (Lipinski definition) is 4. The van der Waals surface area contributed by atoms with Crippen LogP contribution in [0.5, 0.6) is 0 Å². The van der Waals surface area contributed by atoms with Crippen LogP contribution in [0.4, 0.5) is 4.79 Å². The molecule has 4 N–H and O–H groups in total. The highest BCUT2D eigenvalue weighted by atomic mass is 35.5. The number of carbonyl (C=O) groups is 3. The Morgan fingerprint density at radius 3 is 2.35 bits per heavy atom. The van der Waals surface area contributed by atoms with Crippen LogP contribution in [-0.2, 0) is 4.79 Å². The van der Waals surface area contributed by atoms with Crippen LogP contribution in [0.15, 0.2) is 24.3 Å². The third kappa shape index (κ3) is 7.51. The highest BCUT2D eigenvalue weighted by molar-refractivity contribution is 6.33. The summed E-state index contributed by atoms with van der Waals surface area (Å²) in [4.78, 5) is 34.3. The molecule has 4 amide bonds. The maximum Gasteiger partial charge on any atom is 0.314 e. The molecule has 0 radical (unpaired) electrons. The number of amides is 4. The van der Waals surface area contributed by atoms with Gasteiger partial charge in [-0.05, 0) is 18.6 Å². The van der Waals surface area contributed by atoms with E-state index in [1.165, 1.54) is 0 Å². The van der Waals surface area contributed by atoms with Gasteiger partial charge in [-0.3, -0.25) is 9.59 Å². The van der Waals surface area contributed by atoms with E-state index in [2.05, 4.69) is 21.3 Å². The fourth-order valence-electron chi connectivity index (χ4n) is 1.73. The lowest BCUT2D eigenvalue weighted by molar-refractivity contribution is -0.120. The molecular weight excluding hydrogens is 320 g/mol. The zero-order chi connectivity index (χ0) is 17.1. The molecule has 23 heavy (non-hydrogen) atoms. The van der Waals surface area contributed by atoms with E-state index in [1.807, 2.05) is 0 Å². The predicted octanol–water partition coefficient (Wildman–Crippen LogP) is 0.895. The van der Waals surface area contributed by atoms with Gasteiger partial charge in [-0.25, -0.2) is 4.79 Å². The number of rotatable bonds is 8. The molecule has 0 aliphatic carbocycles. The lowest BCUT2D eigenvalue weighted by Gasteiger charge is -2.09. The van der Waals surface area contributed by atoms with E-state index in [1.54, 1.807) is 31.3 Å². The van der Waals surface area contributed by atoms with Crippen LogP contribution in [-0.4, -0.2) is 44.5 Å². The maximum absolute atomic E-state index is 11.9. The summed E-state index contributed by atoms with van der Waals surface area (Å²) >= 11 is 5.92. The van der Waals surface area contributed by atoms with Crippen LogP contribution < -0.4 is 21.3 Å². The van der Waals surface area contributed by atoms with Gasteiger partial charge in [0.1, 0.15) is 0 Å². The molecule has 126 valence electrons. The first kappa shape index (κ1) is 18.8. The van der Waals surface area contributed by atoms with Gasteiger partial charge < -0.3 is 21.3 Å². The number of carbonyl (C=O) groups excluding carboxylic acids is 3. The Kier molecular flexibility index (Phi) is 8.52. The standard InChI is InChI=1S/C15H21ClN4O3/c1-17-13(21)7-4-8-19-15(23)20-10-9-18-14(22)11-5-2-3-6-12(11)16/h2-3,5-6H,4,7-10H2,1H3,(H,17,21)(H,18,22)(H2,19,20,23). The van der Waals surface area contributed by atoms with Crippen LogP contribution in [0.25, 0.3) is 0 Å². The van der Waals surface area contributed by atoms with Gasteiger partial charge >= 0.3 is 6.03 Å². The second-order valence-electron chi connectivity index (χ2n) is 4.70. The molecule has 0 atom stereocenters. The van der Waals surface area contributed by atoms with Crippen molar-refractivity contribution in [3.05, 3.63) is 34.9 Å². The van der Waals surface area contributed by atoms with Crippen LogP contribution in [0, 0.1) is 0 Å². The Labute approximate surface area is 140 Å². The summed E-state index contributed by atoms with van der Waals surface area (Å²) in [5, 5.41) is 10.8. The van der Waals surface area contributed by atoms with Crippen molar-refractivity contribution in [2.75, 3.05) is 26.7 Å². The lowest BCUT2D eigenvalue weighted by Crippen LogP contribution is -2.40. The zero-order valence-electron chi connectivity index (χ0n) is 12.9. The van der Waals surface area contributed by atoms with E-state index in [0.717, 1.165) is 0 Å². The highest BCUT2D eigenvalue weighted by Gasteiger charge is 2.08. The van der Waals surface area contributed by atoms with Crippen molar-refractivity contribution in [2.45, 2.75) is 12.8 Å². The summed E-state index contributed by atoms with van der Waals surface area (Å²) in [6, 6.07) is 6.40. The van der Waals surface area contributed by atoms with Gasteiger partial charge in [0.05, 0.1) is 10.6 Å². The summed E-state index contributed by atoms with van der Waals surface area (Å²) < 4.78 is 0. The van der Waals surface area contributed by atoms with E-state index >= 15 is 0 Å². The third-order valence-corrected chi connectivity index (χ3v) is 3.29. The first-order valence-electron chi connectivity index (χ1n) is 7.29. The van der Waals surface area contributed by atoms with Crippen LogP contribution >= 0.6 is 11.6 Å². The molecule has 0 unspecified atom stereocenters. The van der Waals surface area contributed by atoms with E-state index < -0.39 is 0 Å². The Morgan fingerprint density at radius 1 is 1.00 bits per heavy atom. The van der Waals surface area contributed by atoms with E-state index in [4.69, 9.17) is 11.6 Å². The maximum atomic E-state index is 11.9. The largest absolute Gasteiger partial charge is 0.359 e. The molecule has 0 aliphatic rings. The van der Waals surface area contributed by atoms with Crippen molar-refractivity contribution < 1.29 is 14.4 Å². The molecule has 0 saturated carbocycles. The minimum atomic E-state index is -0.339. The molecule has 0 aromatic heterocycles. The van der Waals surface area contributed by atoms with Gasteiger partial charge in [0.15, 0.2) is 0 Å². The third-order valence-electron chi connectivity index (χ3n) is 2.96. The van der Waals surface area contributed by atoms with Crippen molar-refractivity contribution in [3.8, 4) is 0 Å². The second kappa shape index (κ2) is 10.4. The summed E-state index contributed by atoms with van der Waals surface area (Å²) in [7, 11) is 1.57. The van der Waals surface area contributed by atoms with Crippen molar-refractivity contribution in [3.63, 3.8) is 0 Å². The Morgan fingerprint density at radius 2 is 1.65 bits per heavy atom. The fourth-order valence-corrected chi connectivity index (χ4v) is 1.95. The molecule has 0 spiro atoms. The van der Waals surface area contributed by atoms with Crippen molar-refractivity contribution >= 4 is 29.4 Å². The summed E-state index contributed by atoms with van der Waals surface area (Å²) in [5.41, 5.74) is 0.396. The van der Waals surface area contributed by atoms with E-state index in [0.29, 0.717) is 30.0 Å². The Balaban J connectivity index is 2.12. The SMILES string of the molecule is CNC(=O)CCCNC(=O)NCCNC(=O)c1ccccc1Cl. The van der Waals surface area contributed by atoms with Crippen molar-refractivity contribution in [1.29, 1.82) is 0 Å². The summed E-state index contributed by atoms with van der Waals surface area (Å²) in [5.74, 6) is -0.349. The molecule has 0 heterocycles. The Hall–Kier alpha value is -2.28. The molecule has 1 aromatic rings. The van der Waals surface area contributed by atoms with Crippen LogP contribution in [0.1, 0.15) is 23.2 Å². The molecule has 1 aromatic carbocycles. The molecule has 0 aliphatic heterocycles. The molecule has 1 rings (SSSR count). The number of nitrogens with one attached hydrogen (secondary N) is 4. The van der Waals surface area contributed by atoms with Gasteiger partial charge in [-0.2, -0.15) is 0 Å². The summed E-state index contributed by atoms with van der Waals surface area (Å²) in [6.07, 6.45) is 0.932. The minimum Gasteiger partial charge on any atom is -0.359 e. The molecule has 0 fully saturated rings. The van der Waals surface area contributed by atoms with Gasteiger partial charge in [0.2, 0.25) is 5.91 Å². The normalized spacial score (nSPS) is 9.83.